The maximum Gasteiger partial charge on any atom is 0.416 e. The number of benzene rings is 1. The lowest BCUT2D eigenvalue weighted by molar-refractivity contribution is -0.138. The second kappa shape index (κ2) is 8.06. The number of β-amino-alcohol motifs (C(OH)–C–C–N with tert-alkyl or cyclic N) is 1. The van der Waals surface area contributed by atoms with Crippen molar-refractivity contribution in [1.29, 1.82) is 0 Å². The molecule has 0 unspecified atom stereocenters. The molecular formula is C19H26F3NO2. The minimum atomic E-state index is -4.32. The molecule has 1 N–H and O–H groups in total. The van der Waals surface area contributed by atoms with Crippen molar-refractivity contribution in [1.82, 2.24) is 4.90 Å². The fraction of sp³-hybridized carbons (Fsp3) is 0.684. The summed E-state index contributed by atoms with van der Waals surface area (Å²) in [6, 6.07) is 6.00. The average Bonchev–Trinajstić information content (AvgIpc) is 3.01. The highest BCUT2D eigenvalue weighted by atomic mass is 19.4. The highest BCUT2D eigenvalue weighted by Gasteiger charge is 2.35. The van der Waals surface area contributed by atoms with Crippen LogP contribution in [0.1, 0.15) is 43.2 Å². The number of alkyl halides is 3. The van der Waals surface area contributed by atoms with Crippen molar-refractivity contribution in [2.75, 3.05) is 19.7 Å². The maximum atomic E-state index is 13.1. The van der Waals surface area contributed by atoms with Crippen LogP contribution in [0.3, 0.4) is 0 Å². The van der Waals surface area contributed by atoms with Crippen LogP contribution in [0.15, 0.2) is 24.3 Å². The SMILES string of the molecule is O[C@@H]1CCN([C@H]2CCCC[C@@H]2OCCc2ccccc2C(F)(F)F)C1. The Bertz CT molecular complexity index is 564. The van der Waals surface area contributed by atoms with Gasteiger partial charge in [0, 0.05) is 19.1 Å². The number of likely N-dealkylation sites (tertiary alicyclic amines) is 1. The van der Waals surface area contributed by atoms with Crippen LogP contribution in [-0.4, -0.2) is 48.0 Å². The number of hydrogen-bond donors (Lipinski definition) is 1. The molecule has 1 aromatic rings. The van der Waals surface area contributed by atoms with E-state index in [4.69, 9.17) is 4.74 Å². The zero-order chi connectivity index (χ0) is 17.9. The molecule has 3 atom stereocenters. The molecule has 3 rings (SSSR count). The summed E-state index contributed by atoms with van der Waals surface area (Å²) in [6.45, 7) is 1.86. The molecule has 1 aromatic carbocycles. The zero-order valence-electron chi connectivity index (χ0n) is 14.3. The van der Waals surface area contributed by atoms with Gasteiger partial charge in [0.25, 0.3) is 0 Å². The third-order valence-corrected chi connectivity index (χ3v) is 5.36. The summed E-state index contributed by atoms with van der Waals surface area (Å²) < 4.78 is 45.2. The molecule has 1 heterocycles. The van der Waals surface area contributed by atoms with Gasteiger partial charge in [0.15, 0.2) is 0 Å². The van der Waals surface area contributed by atoms with Crippen molar-refractivity contribution < 1.29 is 23.0 Å². The summed E-state index contributed by atoms with van der Waals surface area (Å²) in [7, 11) is 0. The second-order valence-corrected chi connectivity index (χ2v) is 7.10. The number of ether oxygens (including phenoxy) is 1. The minimum Gasteiger partial charge on any atom is -0.392 e. The molecule has 2 aliphatic rings. The largest absolute Gasteiger partial charge is 0.416 e. The zero-order valence-corrected chi connectivity index (χ0v) is 14.3. The Hall–Kier alpha value is -1.11. The first-order chi connectivity index (χ1) is 11.9. The van der Waals surface area contributed by atoms with Crippen LogP contribution < -0.4 is 0 Å². The number of nitrogens with zero attached hydrogens (tertiary/aromatic N) is 1. The predicted molar refractivity (Wildman–Crippen MR) is 89.3 cm³/mol. The third-order valence-electron chi connectivity index (χ3n) is 5.36. The molecule has 2 fully saturated rings. The van der Waals surface area contributed by atoms with E-state index in [1.807, 2.05) is 0 Å². The highest BCUT2D eigenvalue weighted by molar-refractivity contribution is 5.29. The van der Waals surface area contributed by atoms with E-state index in [2.05, 4.69) is 4.90 Å². The van der Waals surface area contributed by atoms with Crippen molar-refractivity contribution in [2.45, 2.75) is 63.0 Å². The van der Waals surface area contributed by atoms with Crippen molar-refractivity contribution in [3.63, 3.8) is 0 Å². The first-order valence-corrected chi connectivity index (χ1v) is 9.14. The van der Waals surface area contributed by atoms with Crippen LogP contribution in [0, 0.1) is 0 Å². The Labute approximate surface area is 146 Å². The molecule has 0 spiro atoms. The molecule has 3 nitrogen and oxygen atoms in total. The van der Waals surface area contributed by atoms with E-state index < -0.39 is 11.7 Å². The second-order valence-electron chi connectivity index (χ2n) is 7.10. The first kappa shape index (κ1) is 18.7. The highest BCUT2D eigenvalue weighted by Crippen LogP contribution is 2.32. The van der Waals surface area contributed by atoms with E-state index in [-0.39, 0.29) is 24.7 Å². The summed E-state index contributed by atoms with van der Waals surface area (Å²) in [5.41, 5.74) is -0.277. The Kier molecular flexibility index (Phi) is 6.02. The minimum absolute atomic E-state index is 0.0529. The smallest absolute Gasteiger partial charge is 0.392 e. The molecule has 140 valence electrons. The number of aliphatic hydroxyl groups excluding tert-OH is 1. The normalized spacial score (nSPS) is 28.4. The van der Waals surface area contributed by atoms with E-state index in [1.54, 1.807) is 6.07 Å². The van der Waals surface area contributed by atoms with Crippen molar-refractivity contribution in [3.8, 4) is 0 Å². The summed E-state index contributed by atoms with van der Waals surface area (Å²) >= 11 is 0. The van der Waals surface area contributed by atoms with E-state index >= 15 is 0 Å². The number of rotatable bonds is 5. The molecule has 0 aromatic heterocycles. The van der Waals surface area contributed by atoms with Gasteiger partial charge in [-0.25, -0.2) is 0 Å². The summed E-state index contributed by atoms with van der Waals surface area (Å²) in [4.78, 5) is 2.29. The van der Waals surface area contributed by atoms with E-state index in [9.17, 15) is 18.3 Å². The quantitative estimate of drug-likeness (QED) is 0.873. The lowest BCUT2D eigenvalue weighted by atomic mass is 9.91. The van der Waals surface area contributed by atoms with Crippen LogP contribution in [0.4, 0.5) is 13.2 Å². The van der Waals surface area contributed by atoms with E-state index in [0.29, 0.717) is 18.7 Å². The van der Waals surface area contributed by atoms with Gasteiger partial charge < -0.3 is 9.84 Å². The summed E-state index contributed by atoms with van der Waals surface area (Å²) in [6.07, 6.45) is 0.747. The van der Waals surface area contributed by atoms with Crippen LogP contribution >= 0.6 is 0 Å². The van der Waals surface area contributed by atoms with Gasteiger partial charge in [0.1, 0.15) is 0 Å². The Morgan fingerprint density at radius 3 is 2.60 bits per heavy atom. The fourth-order valence-electron chi connectivity index (χ4n) is 4.09. The lowest BCUT2D eigenvalue weighted by Crippen LogP contribution is -2.46. The molecule has 6 heteroatoms. The Balaban J connectivity index is 1.57. The van der Waals surface area contributed by atoms with E-state index in [1.165, 1.54) is 12.1 Å². The first-order valence-electron chi connectivity index (χ1n) is 9.14. The van der Waals surface area contributed by atoms with Crippen LogP contribution in [0.2, 0.25) is 0 Å². The Morgan fingerprint density at radius 2 is 1.88 bits per heavy atom. The fourth-order valence-corrected chi connectivity index (χ4v) is 4.09. The van der Waals surface area contributed by atoms with Crippen LogP contribution in [-0.2, 0) is 17.3 Å². The lowest BCUT2D eigenvalue weighted by Gasteiger charge is -2.37. The molecule has 1 aliphatic heterocycles. The number of hydrogen-bond acceptors (Lipinski definition) is 3. The molecule has 0 amide bonds. The van der Waals surface area contributed by atoms with Crippen molar-refractivity contribution in [3.05, 3.63) is 35.4 Å². The van der Waals surface area contributed by atoms with Gasteiger partial charge in [-0.05, 0) is 37.3 Å². The number of halogens is 3. The van der Waals surface area contributed by atoms with Gasteiger partial charge >= 0.3 is 6.18 Å². The van der Waals surface area contributed by atoms with Gasteiger partial charge in [0.2, 0.25) is 0 Å². The molecule has 0 bridgehead atoms. The van der Waals surface area contributed by atoms with Crippen molar-refractivity contribution >= 4 is 0 Å². The summed E-state index contributed by atoms with van der Waals surface area (Å²) in [5.74, 6) is 0. The molecular weight excluding hydrogens is 331 g/mol. The van der Waals surface area contributed by atoms with Gasteiger partial charge in [-0.2, -0.15) is 13.2 Å². The van der Waals surface area contributed by atoms with Gasteiger partial charge in [-0.15, -0.1) is 0 Å². The topological polar surface area (TPSA) is 32.7 Å². The van der Waals surface area contributed by atoms with Crippen LogP contribution in [0.25, 0.3) is 0 Å². The molecule has 0 radical (unpaired) electrons. The van der Waals surface area contributed by atoms with E-state index in [0.717, 1.165) is 44.7 Å². The van der Waals surface area contributed by atoms with Gasteiger partial charge in [-0.3, -0.25) is 4.90 Å². The Morgan fingerprint density at radius 1 is 1.12 bits per heavy atom. The molecule has 1 aliphatic carbocycles. The third kappa shape index (κ3) is 4.74. The van der Waals surface area contributed by atoms with Gasteiger partial charge in [0.05, 0.1) is 24.4 Å². The average molecular weight is 357 g/mol. The molecule has 25 heavy (non-hydrogen) atoms. The maximum absolute atomic E-state index is 13.1. The van der Waals surface area contributed by atoms with Crippen molar-refractivity contribution in [2.24, 2.45) is 0 Å². The standard InChI is InChI=1S/C19H26F3NO2/c20-19(21,22)16-6-2-1-5-14(16)10-12-25-18-8-4-3-7-17(18)23-11-9-15(24)13-23/h1-2,5-6,15,17-18,24H,3-4,7-13H2/t15-,17+,18+/m1/s1. The molecule has 1 saturated heterocycles. The van der Waals surface area contributed by atoms with Crippen LogP contribution in [0.5, 0.6) is 0 Å². The monoisotopic (exact) mass is 357 g/mol. The number of aliphatic hydroxyl groups is 1. The predicted octanol–water partition coefficient (Wildman–Crippen LogP) is 3.64. The molecule has 1 saturated carbocycles. The van der Waals surface area contributed by atoms with Gasteiger partial charge in [-0.1, -0.05) is 31.0 Å². The summed E-state index contributed by atoms with van der Waals surface area (Å²) in [5, 5.41) is 9.76.